The number of aliphatic hydroxyl groups is 1. The van der Waals surface area contributed by atoms with Crippen LogP contribution >= 0.6 is 0 Å². The van der Waals surface area contributed by atoms with Gasteiger partial charge >= 0.3 is 6.18 Å². The molecule has 1 aliphatic rings. The van der Waals surface area contributed by atoms with E-state index in [0.29, 0.717) is 13.1 Å². The van der Waals surface area contributed by atoms with Gasteiger partial charge in [-0.05, 0) is 45.3 Å². The van der Waals surface area contributed by atoms with Gasteiger partial charge in [-0.2, -0.15) is 13.2 Å². The standard InChI is InChI=1S/C12H22F3NO/c13-12(14,15)11-5-8-16(9-6-11)7-3-1-2-4-10-17/h11,17H,1-10H2. The lowest BCUT2D eigenvalue weighted by molar-refractivity contribution is -0.185. The molecular weight excluding hydrogens is 231 g/mol. The SMILES string of the molecule is OCCCCCCN1CCC(C(F)(F)F)CC1. The smallest absolute Gasteiger partial charge is 0.391 e. The Kier molecular flexibility index (Phi) is 6.27. The van der Waals surface area contributed by atoms with Crippen molar-refractivity contribution in [1.29, 1.82) is 0 Å². The number of nitrogens with zero attached hydrogens (tertiary/aromatic N) is 1. The second-order valence-electron chi connectivity index (χ2n) is 4.80. The molecule has 0 aromatic carbocycles. The van der Waals surface area contributed by atoms with E-state index in [0.717, 1.165) is 32.2 Å². The molecule has 1 saturated heterocycles. The summed E-state index contributed by atoms with van der Waals surface area (Å²) in [5.74, 6) is -1.09. The zero-order valence-electron chi connectivity index (χ0n) is 10.2. The summed E-state index contributed by atoms with van der Waals surface area (Å²) < 4.78 is 37.3. The molecule has 1 heterocycles. The van der Waals surface area contributed by atoms with Crippen LogP contribution in [0.4, 0.5) is 13.2 Å². The highest BCUT2D eigenvalue weighted by atomic mass is 19.4. The summed E-state index contributed by atoms with van der Waals surface area (Å²) in [5, 5.41) is 8.60. The maximum atomic E-state index is 12.4. The first kappa shape index (κ1) is 14.8. The van der Waals surface area contributed by atoms with Crippen molar-refractivity contribution in [2.45, 2.75) is 44.7 Å². The molecule has 1 aliphatic heterocycles. The van der Waals surface area contributed by atoms with E-state index in [4.69, 9.17) is 5.11 Å². The third-order valence-corrected chi connectivity index (χ3v) is 3.43. The van der Waals surface area contributed by atoms with Gasteiger partial charge in [0.05, 0.1) is 5.92 Å². The average Bonchev–Trinajstić information content (AvgIpc) is 2.28. The summed E-state index contributed by atoms with van der Waals surface area (Å²) in [5.41, 5.74) is 0. The fraction of sp³-hybridized carbons (Fsp3) is 1.00. The molecule has 0 atom stereocenters. The van der Waals surface area contributed by atoms with Crippen molar-refractivity contribution < 1.29 is 18.3 Å². The van der Waals surface area contributed by atoms with Crippen molar-refractivity contribution in [1.82, 2.24) is 4.90 Å². The van der Waals surface area contributed by atoms with Crippen LogP contribution in [0.25, 0.3) is 0 Å². The number of piperidine rings is 1. The van der Waals surface area contributed by atoms with Gasteiger partial charge in [-0.1, -0.05) is 12.8 Å². The summed E-state index contributed by atoms with van der Waals surface area (Å²) in [6.07, 6.45) is 0.412. The van der Waals surface area contributed by atoms with Gasteiger partial charge in [0.2, 0.25) is 0 Å². The van der Waals surface area contributed by atoms with Crippen LogP contribution in [-0.2, 0) is 0 Å². The number of hydrogen-bond acceptors (Lipinski definition) is 2. The van der Waals surface area contributed by atoms with E-state index in [1.54, 1.807) is 0 Å². The third-order valence-electron chi connectivity index (χ3n) is 3.43. The normalized spacial score (nSPS) is 19.8. The highest BCUT2D eigenvalue weighted by Gasteiger charge is 2.40. The second-order valence-corrected chi connectivity index (χ2v) is 4.80. The van der Waals surface area contributed by atoms with Crippen LogP contribution in [0.2, 0.25) is 0 Å². The Balaban J connectivity index is 2.07. The van der Waals surface area contributed by atoms with Crippen molar-refractivity contribution in [2.75, 3.05) is 26.2 Å². The summed E-state index contributed by atoms with van der Waals surface area (Å²) in [6, 6.07) is 0. The Morgan fingerprint density at radius 2 is 1.59 bits per heavy atom. The topological polar surface area (TPSA) is 23.5 Å². The Morgan fingerprint density at radius 3 is 2.12 bits per heavy atom. The molecule has 102 valence electrons. The van der Waals surface area contributed by atoms with Crippen LogP contribution in [0.5, 0.6) is 0 Å². The van der Waals surface area contributed by atoms with Gasteiger partial charge in [0.25, 0.3) is 0 Å². The predicted octanol–water partition coefficient (Wildman–Crippen LogP) is 2.81. The summed E-state index contributed by atoms with van der Waals surface area (Å²) in [4.78, 5) is 2.13. The van der Waals surface area contributed by atoms with Crippen molar-refractivity contribution in [3.05, 3.63) is 0 Å². The van der Waals surface area contributed by atoms with Crippen molar-refractivity contribution in [3.8, 4) is 0 Å². The number of halogens is 3. The molecule has 0 spiro atoms. The van der Waals surface area contributed by atoms with Crippen LogP contribution in [0.1, 0.15) is 38.5 Å². The van der Waals surface area contributed by atoms with Crippen LogP contribution in [0, 0.1) is 5.92 Å². The Hall–Kier alpha value is -0.290. The molecule has 2 nitrogen and oxygen atoms in total. The minimum atomic E-state index is -4.01. The monoisotopic (exact) mass is 253 g/mol. The van der Waals surface area contributed by atoms with Crippen LogP contribution in [0.3, 0.4) is 0 Å². The van der Waals surface area contributed by atoms with E-state index in [2.05, 4.69) is 4.90 Å². The second kappa shape index (κ2) is 7.21. The first-order chi connectivity index (χ1) is 8.04. The lowest BCUT2D eigenvalue weighted by atomic mass is 9.96. The molecule has 0 bridgehead atoms. The van der Waals surface area contributed by atoms with Gasteiger partial charge in [0, 0.05) is 6.61 Å². The average molecular weight is 253 g/mol. The first-order valence-electron chi connectivity index (χ1n) is 6.44. The van der Waals surface area contributed by atoms with Gasteiger partial charge in [-0.15, -0.1) is 0 Å². The molecule has 0 aromatic heterocycles. The van der Waals surface area contributed by atoms with Gasteiger partial charge < -0.3 is 10.0 Å². The van der Waals surface area contributed by atoms with E-state index in [9.17, 15) is 13.2 Å². The lowest BCUT2D eigenvalue weighted by Gasteiger charge is -2.32. The van der Waals surface area contributed by atoms with Crippen LogP contribution < -0.4 is 0 Å². The van der Waals surface area contributed by atoms with E-state index in [1.165, 1.54) is 0 Å². The Bertz CT molecular complexity index is 200. The first-order valence-corrected chi connectivity index (χ1v) is 6.44. The molecule has 0 unspecified atom stereocenters. The minimum absolute atomic E-state index is 0.233. The molecule has 0 saturated carbocycles. The fourth-order valence-electron chi connectivity index (χ4n) is 2.28. The molecule has 5 heteroatoms. The number of likely N-dealkylation sites (tertiary alicyclic amines) is 1. The van der Waals surface area contributed by atoms with E-state index < -0.39 is 12.1 Å². The maximum Gasteiger partial charge on any atom is 0.391 e. The predicted molar refractivity (Wildman–Crippen MR) is 60.8 cm³/mol. The van der Waals surface area contributed by atoms with E-state index in [1.807, 2.05) is 0 Å². The molecule has 0 radical (unpaired) electrons. The van der Waals surface area contributed by atoms with E-state index >= 15 is 0 Å². The number of aliphatic hydroxyl groups excluding tert-OH is 1. The minimum Gasteiger partial charge on any atom is -0.396 e. The number of rotatable bonds is 6. The Morgan fingerprint density at radius 1 is 1.00 bits per heavy atom. The fourth-order valence-corrected chi connectivity index (χ4v) is 2.28. The Labute approximate surface area is 101 Å². The molecule has 0 amide bonds. The quantitative estimate of drug-likeness (QED) is 0.736. The molecule has 0 aromatic rings. The highest BCUT2D eigenvalue weighted by Crippen LogP contribution is 2.34. The van der Waals surface area contributed by atoms with Crippen molar-refractivity contribution in [2.24, 2.45) is 5.92 Å². The molecule has 1 fully saturated rings. The van der Waals surface area contributed by atoms with Gasteiger partial charge in [0.1, 0.15) is 0 Å². The molecule has 1 rings (SSSR count). The van der Waals surface area contributed by atoms with Gasteiger partial charge in [-0.3, -0.25) is 0 Å². The summed E-state index contributed by atoms with van der Waals surface area (Å²) in [7, 11) is 0. The number of hydrogen-bond donors (Lipinski definition) is 1. The summed E-state index contributed by atoms with van der Waals surface area (Å²) in [6.45, 7) is 2.28. The highest BCUT2D eigenvalue weighted by molar-refractivity contribution is 4.76. The van der Waals surface area contributed by atoms with Gasteiger partial charge in [0.15, 0.2) is 0 Å². The molecule has 0 aliphatic carbocycles. The van der Waals surface area contributed by atoms with Crippen molar-refractivity contribution >= 4 is 0 Å². The van der Waals surface area contributed by atoms with E-state index in [-0.39, 0.29) is 19.4 Å². The van der Waals surface area contributed by atoms with Crippen LogP contribution in [-0.4, -0.2) is 42.4 Å². The number of alkyl halides is 3. The number of unbranched alkanes of at least 4 members (excludes halogenated alkanes) is 3. The van der Waals surface area contributed by atoms with Crippen LogP contribution in [0.15, 0.2) is 0 Å². The third kappa shape index (κ3) is 5.73. The largest absolute Gasteiger partial charge is 0.396 e. The zero-order chi connectivity index (χ0) is 12.7. The maximum absolute atomic E-state index is 12.4. The summed E-state index contributed by atoms with van der Waals surface area (Å²) >= 11 is 0. The molecule has 17 heavy (non-hydrogen) atoms. The molecular formula is C12H22F3NO. The van der Waals surface area contributed by atoms with Crippen molar-refractivity contribution in [3.63, 3.8) is 0 Å². The lowest BCUT2D eigenvalue weighted by Crippen LogP contribution is -2.39. The molecule has 1 N–H and O–H groups in total. The zero-order valence-corrected chi connectivity index (χ0v) is 10.2. The van der Waals surface area contributed by atoms with Gasteiger partial charge in [-0.25, -0.2) is 0 Å².